The van der Waals surface area contributed by atoms with E-state index >= 15 is 0 Å². The fourth-order valence-electron chi connectivity index (χ4n) is 0. The number of halogens is 18. The average Bonchev–Trinajstić information content (AvgIpc) is 1.50. The Kier molecular flexibility index (Phi) is 7.19. The number of rotatable bonds is 0. The van der Waals surface area contributed by atoms with Gasteiger partial charge in [-0.05, 0) is 0 Å². The molecule has 164 valence electrons. The van der Waals surface area contributed by atoms with Crippen LogP contribution in [0.1, 0.15) is 0 Å². The summed E-state index contributed by atoms with van der Waals surface area (Å²) in [5.74, 6) is 0. The minimum atomic E-state index is -10.7. The first-order chi connectivity index (χ1) is 9.08. The summed E-state index contributed by atoms with van der Waals surface area (Å²) in [6.45, 7) is 0. The van der Waals surface area contributed by atoms with E-state index < -0.39 is 23.4 Å². The van der Waals surface area contributed by atoms with Crippen molar-refractivity contribution in [2.45, 2.75) is 0 Å². The first kappa shape index (κ1) is 32.6. The minimum absolute atomic E-state index is 1.25. The molecule has 0 radical (unpaired) electrons. The molecule has 0 saturated heterocycles. The predicted octanol–water partition coefficient (Wildman–Crippen LogP) is 10.2. The van der Waals surface area contributed by atoms with Crippen molar-refractivity contribution in [3.8, 4) is 0 Å². The van der Waals surface area contributed by atoms with Gasteiger partial charge in [0.1, 0.15) is 0 Å². The molecule has 0 aliphatic carbocycles. The second-order valence-electron chi connectivity index (χ2n) is 3.77. The standard InChI is InChI=1S/C3H6N.3F6P/c1-4(2)3;3*1-7(2,3,4,5)6/h1-2H3;;;/q+3;3*-1. The molecular formula is C3H6F18NP3. The summed E-state index contributed by atoms with van der Waals surface area (Å²) in [5.41, 5.74) is 0. The zero-order chi connectivity index (χ0) is 22.8. The Morgan fingerprint density at radius 2 is 0.400 bits per heavy atom. The quantitative estimate of drug-likeness (QED) is 0.241. The van der Waals surface area contributed by atoms with Gasteiger partial charge in [0.05, 0.1) is 0 Å². The van der Waals surface area contributed by atoms with E-state index in [1.54, 1.807) is 14.1 Å². The van der Waals surface area contributed by atoms with Crippen molar-refractivity contribution in [3.63, 3.8) is 0 Å². The number of hydrogen-bond donors (Lipinski definition) is 0. The molecule has 0 aliphatic rings. The Morgan fingerprint density at radius 3 is 0.400 bits per heavy atom. The van der Waals surface area contributed by atoms with Gasteiger partial charge in [-0.2, -0.15) is 0 Å². The molecule has 0 aromatic heterocycles. The van der Waals surface area contributed by atoms with Crippen molar-refractivity contribution in [1.29, 1.82) is 0 Å². The fraction of sp³-hybridized carbons (Fsp3) is 0.667. The molecule has 0 unspecified atom stereocenters. The molecule has 0 fully saturated rings. The molecule has 0 bridgehead atoms. The van der Waals surface area contributed by atoms with Crippen molar-refractivity contribution in [1.82, 2.24) is 4.90 Å². The molecule has 1 nitrogen and oxygen atoms in total. The van der Waals surface area contributed by atoms with Crippen LogP contribution in [0.15, 0.2) is 0 Å². The van der Waals surface area contributed by atoms with Gasteiger partial charge in [0.2, 0.25) is 0 Å². The third kappa shape index (κ3) is 116000000. The molecule has 25 heavy (non-hydrogen) atoms. The SMILES string of the molecule is F[P-](F)(F)(F)(F)F.F[P-](F)(F)(F)(F)F.F[P-](F)(F)(F)(F)F.[C+3]N(C)C. The number of hydrogen-bond acceptors (Lipinski definition) is 1. The van der Waals surface area contributed by atoms with E-state index in [1.165, 1.54) is 4.90 Å². The molecule has 22 heteroatoms. The molecule has 0 aromatic carbocycles. The van der Waals surface area contributed by atoms with Crippen LogP contribution in [0, 0.1) is 7.05 Å². The van der Waals surface area contributed by atoms with E-state index in [2.05, 4.69) is 0 Å². The van der Waals surface area contributed by atoms with E-state index in [1.807, 2.05) is 0 Å². The fourth-order valence-corrected chi connectivity index (χ4v) is 0. The van der Waals surface area contributed by atoms with E-state index in [0.29, 0.717) is 0 Å². The van der Waals surface area contributed by atoms with Crippen molar-refractivity contribution in [2.24, 2.45) is 0 Å². The van der Waals surface area contributed by atoms with E-state index in [0.717, 1.165) is 0 Å². The van der Waals surface area contributed by atoms with Gasteiger partial charge in [0.15, 0.2) is 0 Å². The van der Waals surface area contributed by atoms with Gasteiger partial charge < -0.3 is 0 Å². The van der Waals surface area contributed by atoms with E-state index in [-0.39, 0.29) is 0 Å². The zero-order valence-electron chi connectivity index (χ0n) is 11.1. The Balaban J connectivity index is -0.000000120. The van der Waals surface area contributed by atoms with Crippen molar-refractivity contribution < 1.29 is 75.5 Å². The van der Waals surface area contributed by atoms with Crippen molar-refractivity contribution in [3.05, 3.63) is 7.05 Å². The summed E-state index contributed by atoms with van der Waals surface area (Å²) in [6.07, 6.45) is 0. The van der Waals surface area contributed by atoms with E-state index in [4.69, 9.17) is 7.05 Å². The van der Waals surface area contributed by atoms with Crippen LogP contribution in [0.2, 0.25) is 0 Å². The van der Waals surface area contributed by atoms with Crippen LogP contribution in [0.4, 0.5) is 75.5 Å². The van der Waals surface area contributed by atoms with Gasteiger partial charge >= 0.3 is 125 Å². The normalized spacial score (nSPS) is 20.9. The first-order valence-electron chi connectivity index (χ1n) is 4.16. The molecule has 0 spiro atoms. The van der Waals surface area contributed by atoms with Crippen LogP contribution in [-0.2, 0) is 0 Å². The molecule has 0 N–H and O–H groups in total. The van der Waals surface area contributed by atoms with Crippen LogP contribution < -0.4 is 0 Å². The Morgan fingerprint density at radius 1 is 0.400 bits per heavy atom. The summed E-state index contributed by atoms with van der Waals surface area (Å²) in [5, 5.41) is 0. The van der Waals surface area contributed by atoms with Gasteiger partial charge in [-0.1, -0.05) is 0 Å². The summed E-state index contributed by atoms with van der Waals surface area (Å²) in [7, 11) is -22.2. The molecule has 0 heterocycles. The van der Waals surface area contributed by atoms with Crippen LogP contribution >= 0.6 is 23.4 Å². The first-order valence-corrected chi connectivity index (χ1v) is 10.2. The average molecular weight is 491 g/mol. The van der Waals surface area contributed by atoms with Crippen LogP contribution in [0.5, 0.6) is 0 Å². The van der Waals surface area contributed by atoms with Crippen LogP contribution in [0.25, 0.3) is 0 Å². The number of nitrogens with zero attached hydrogens (tertiary/aromatic N) is 1. The maximum atomic E-state index is 9.87. The Hall–Kier alpha value is -0.0100. The summed E-state index contributed by atoms with van der Waals surface area (Å²) < 4.78 is 178. The van der Waals surface area contributed by atoms with Gasteiger partial charge in [-0.15, -0.1) is 0 Å². The molecule has 0 aromatic rings. The van der Waals surface area contributed by atoms with E-state index in [9.17, 15) is 75.5 Å². The summed E-state index contributed by atoms with van der Waals surface area (Å²) in [4.78, 5) is 1.25. The van der Waals surface area contributed by atoms with Gasteiger partial charge in [-0.3, -0.25) is 0 Å². The summed E-state index contributed by atoms with van der Waals surface area (Å²) >= 11 is 0. The van der Waals surface area contributed by atoms with Gasteiger partial charge in [0.25, 0.3) is 0 Å². The van der Waals surface area contributed by atoms with Crippen molar-refractivity contribution >= 4 is 23.4 Å². The topological polar surface area (TPSA) is 3.24 Å². The molecule has 0 atom stereocenters. The van der Waals surface area contributed by atoms with Crippen molar-refractivity contribution in [2.75, 3.05) is 14.1 Å². The second-order valence-corrected chi connectivity index (χ2v) is 9.52. The molecule has 0 rings (SSSR count). The predicted molar refractivity (Wildman–Crippen MR) is 57.6 cm³/mol. The molecule has 0 saturated carbocycles. The third-order valence-electron chi connectivity index (χ3n) is 0. The van der Waals surface area contributed by atoms with Gasteiger partial charge in [-0.25, -0.2) is 0 Å². The molecule has 0 amide bonds. The molecular weight excluding hydrogens is 485 g/mol. The second kappa shape index (κ2) is 5.51. The van der Waals surface area contributed by atoms with Gasteiger partial charge in [0, 0.05) is 0 Å². The monoisotopic (exact) mass is 491 g/mol. The zero-order valence-corrected chi connectivity index (χ0v) is 13.8. The Labute approximate surface area is 126 Å². The van der Waals surface area contributed by atoms with Crippen LogP contribution in [0.3, 0.4) is 0 Å². The molecule has 0 aliphatic heterocycles. The third-order valence-corrected chi connectivity index (χ3v) is 0. The van der Waals surface area contributed by atoms with Crippen LogP contribution in [-0.4, -0.2) is 19.0 Å². The summed E-state index contributed by atoms with van der Waals surface area (Å²) in [6, 6.07) is 0. The maximum absolute atomic E-state index is 10.7. The Bertz CT molecular complexity index is 316.